The molecule has 8 heteroatoms. The second-order valence-corrected chi connectivity index (χ2v) is 8.33. The fourth-order valence-electron chi connectivity index (χ4n) is 3.91. The second kappa shape index (κ2) is 11.3. The average Bonchev–Trinajstić information content (AvgIpc) is 3.17. The van der Waals surface area contributed by atoms with Crippen molar-refractivity contribution in [1.82, 2.24) is 19.4 Å². The highest BCUT2D eigenvalue weighted by molar-refractivity contribution is 5.72. The fourth-order valence-corrected chi connectivity index (χ4v) is 3.91. The molecule has 2 heterocycles. The van der Waals surface area contributed by atoms with Crippen molar-refractivity contribution in [2.45, 2.75) is 32.0 Å². The van der Waals surface area contributed by atoms with Crippen molar-refractivity contribution in [3.8, 4) is 5.75 Å². The Morgan fingerprint density at radius 3 is 2.58 bits per heavy atom. The van der Waals surface area contributed by atoms with Crippen LogP contribution in [0, 0.1) is 5.92 Å². The van der Waals surface area contributed by atoms with Gasteiger partial charge in [-0.3, -0.25) is 9.69 Å². The van der Waals surface area contributed by atoms with Crippen LogP contribution in [0.1, 0.15) is 24.2 Å². The van der Waals surface area contributed by atoms with E-state index < -0.39 is 6.10 Å². The molecular weight excluding hydrogens is 396 g/mol. The predicted octanol–water partition coefficient (Wildman–Crippen LogP) is 1.68. The predicted molar refractivity (Wildman–Crippen MR) is 118 cm³/mol. The zero-order valence-corrected chi connectivity index (χ0v) is 18.7. The highest BCUT2D eigenvalue weighted by Gasteiger charge is 2.26. The molecule has 0 aliphatic carbocycles. The summed E-state index contributed by atoms with van der Waals surface area (Å²) >= 11 is 0. The van der Waals surface area contributed by atoms with E-state index in [0.29, 0.717) is 6.54 Å². The number of piperidine rings is 1. The third-order valence-electron chi connectivity index (χ3n) is 5.74. The highest BCUT2D eigenvalue weighted by Crippen LogP contribution is 2.19. The lowest BCUT2D eigenvalue weighted by Crippen LogP contribution is -2.42. The minimum Gasteiger partial charge on any atom is -0.491 e. The van der Waals surface area contributed by atoms with Gasteiger partial charge in [0.25, 0.3) is 0 Å². The molecule has 3 rings (SSSR count). The third kappa shape index (κ3) is 7.05. The van der Waals surface area contributed by atoms with Crippen LogP contribution in [-0.4, -0.2) is 76.9 Å². The van der Waals surface area contributed by atoms with E-state index in [1.807, 2.05) is 48.3 Å². The number of carbonyl (C=O) groups is 1. The number of imidazole rings is 1. The van der Waals surface area contributed by atoms with Crippen LogP contribution in [0.25, 0.3) is 0 Å². The average molecular weight is 431 g/mol. The van der Waals surface area contributed by atoms with Crippen molar-refractivity contribution in [2.24, 2.45) is 13.0 Å². The summed E-state index contributed by atoms with van der Waals surface area (Å²) in [6.07, 6.45) is 4.74. The summed E-state index contributed by atoms with van der Waals surface area (Å²) in [5, 5.41) is 10.3. The molecule has 0 radical (unpaired) electrons. The fraction of sp³-hybridized carbons (Fsp3) is 0.565. The van der Waals surface area contributed by atoms with E-state index in [-0.39, 0.29) is 18.5 Å². The number of aryl methyl sites for hydroxylation is 1. The summed E-state index contributed by atoms with van der Waals surface area (Å²) in [5.74, 6) is 1.63. The first kappa shape index (κ1) is 23.2. The van der Waals surface area contributed by atoms with E-state index >= 15 is 0 Å². The van der Waals surface area contributed by atoms with Gasteiger partial charge in [-0.05, 0) is 50.7 Å². The molecule has 0 saturated carbocycles. The van der Waals surface area contributed by atoms with Crippen molar-refractivity contribution in [2.75, 3.05) is 40.4 Å². The van der Waals surface area contributed by atoms with Gasteiger partial charge in [0.2, 0.25) is 0 Å². The molecule has 170 valence electrons. The van der Waals surface area contributed by atoms with Crippen molar-refractivity contribution < 1.29 is 19.4 Å². The number of benzene rings is 1. The second-order valence-electron chi connectivity index (χ2n) is 8.33. The summed E-state index contributed by atoms with van der Waals surface area (Å²) in [7, 11) is 5.51. The molecule has 1 aliphatic heterocycles. The summed E-state index contributed by atoms with van der Waals surface area (Å²) < 4.78 is 12.6. The maximum absolute atomic E-state index is 11.6. The van der Waals surface area contributed by atoms with Gasteiger partial charge in [-0.15, -0.1) is 0 Å². The number of esters is 1. The maximum atomic E-state index is 11.6. The molecule has 1 aromatic heterocycles. The molecule has 1 N–H and O–H groups in total. The van der Waals surface area contributed by atoms with Gasteiger partial charge in [-0.25, -0.2) is 4.98 Å². The largest absolute Gasteiger partial charge is 0.491 e. The molecule has 8 nitrogen and oxygen atoms in total. The molecular formula is C23H34N4O4. The lowest BCUT2D eigenvalue weighted by molar-refractivity contribution is -0.147. The van der Waals surface area contributed by atoms with E-state index in [4.69, 9.17) is 9.47 Å². The first-order valence-corrected chi connectivity index (χ1v) is 10.8. The van der Waals surface area contributed by atoms with Gasteiger partial charge in [-0.1, -0.05) is 12.1 Å². The molecule has 2 aromatic rings. The molecule has 0 bridgehead atoms. The van der Waals surface area contributed by atoms with E-state index in [9.17, 15) is 9.90 Å². The number of likely N-dealkylation sites (tertiary alicyclic amines) is 1. The van der Waals surface area contributed by atoms with Gasteiger partial charge in [-0.2, -0.15) is 0 Å². The normalized spacial score (nSPS) is 16.4. The SMILES string of the molecule is COC(=O)C1CCN(CC(O)COc2ccc(CN(C)Cc3nccn3C)cc2)CC1. The smallest absolute Gasteiger partial charge is 0.308 e. The number of ether oxygens (including phenoxy) is 2. The standard InChI is InChI=1S/C23H34N4O4/c1-25(16-22-24-10-13-26(22)2)14-18-4-6-21(7-5-18)31-17-20(28)15-27-11-8-19(9-12-27)23(29)30-3/h4-7,10,13,19-20,28H,8-9,11-12,14-17H2,1-3H3. The third-order valence-corrected chi connectivity index (χ3v) is 5.74. The van der Waals surface area contributed by atoms with E-state index in [1.54, 1.807) is 0 Å². The van der Waals surface area contributed by atoms with Gasteiger partial charge in [0.15, 0.2) is 0 Å². The lowest BCUT2D eigenvalue weighted by Gasteiger charge is -2.31. The van der Waals surface area contributed by atoms with Gasteiger partial charge < -0.3 is 24.0 Å². The van der Waals surface area contributed by atoms with Crippen LogP contribution in [0.5, 0.6) is 5.75 Å². The number of aromatic nitrogens is 2. The van der Waals surface area contributed by atoms with Gasteiger partial charge in [0, 0.05) is 32.5 Å². The van der Waals surface area contributed by atoms with Crippen molar-refractivity contribution in [1.29, 1.82) is 0 Å². The number of methoxy groups -OCH3 is 1. The highest BCUT2D eigenvalue weighted by atomic mass is 16.5. The number of nitrogens with zero attached hydrogens (tertiary/aromatic N) is 4. The molecule has 0 amide bonds. The zero-order chi connectivity index (χ0) is 22.2. The van der Waals surface area contributed by atoms with Crippen molar-refractivity contribution in [3.05, 3.63) is 48.0 Å². The molecule has 1 saturated heterocycles. The number of hydrogen-bond acceptors (Lipinski definition) is 7. The molecule has 1 aliphatic rings. The lowest BCUT2D eigenvalue weighted by atomic mass is 9.97. The molecule has 1 unspecified atom stereocenters. The van der Waals surface area contributed by atoms with Crippen LogP contribution in [0.3, 0.4) is 0 Å². The molecule has 1 fully saturated rings. The summed E-state index contributed by atoms with van der Waals surface area (Å²) in [6.45, 7) is 3.97. The number of aliphatic hydroxyl groups is 1. The Kier molecular flexibility index (Phi) is 8.45. The van der Waals surface area contributed by atoms with Gasteiger partial charge in [0.1, 0.15) is 24.3 Å². The van der Waals surface area contributed by atoms with Crippen LogP contribution in [0.2, 0.25) is 0 Å². The van der Waals surface area contributed by atoms with Crippen LogP contribution >= 0.6 is 0 Å². The Balaban J connectivity index is 1.37. The first-order chi connectivity index (χ1) is 14.9. The van der Waals surface area contributed by atoms with E-state index in [0.717, 1.165) is 50.6 Å². The summed E-state index contributed by atoms with van der Waals surface area (Å²) in [4.78, 5) is 20.4. The Morgan fingerprint density at radius 1 is 1.26 bits per heavy atom. The van der Waals surface area contributed by atoms with Gasteiger partial charge >= 0.3 is 5.97 Å². The number of rotatable bonds is 10. The number of aliphatic hydroxyl groups excluding tert-OH is 1. The molecule has 31 heavy (non-hydrogen) atoms. The van der Waals surface area contributed by atoms with Gasteiger partial charge in [0.05, 0.1) is 19.6 Å². The van der Waals surface area contributed by atoms with Crippen molar-refractivity contribution >= 4 is 5.97 Å². The Labute approximate surface area is 184 Å². The Morgan fingerprint density at radius 2 is 1.97 bits per heavy atom. The Bertz CT molecular complexity index is 815. The topological polar surface area (TPSA) is 80.1 Å². The maximum Gasteiger partial charge on any atom is 0.308 e. The Hall–Kier alpha value is -2.42. The van der Waals surface area contributed by atoms with Crippen LogP contribution in [0.4, 0.5) is 0 Å². The first-order valence-electron chi connectivity index (χ1n) is 10.8. The molecule has 1 atom stereocenters. The minimum absolute atomic E-state index is 0.0177. The number of carbonyl (C=O) groups excluding carboxylic acids is 1. The van der Waals surface area contributed by atoms with E-state index in [1.165, 1.54) is 12.7 Å². The quantitative estimate of drug-likeness (QED) is 0.575. The molecule has 0 spiro atoms. The summed E-state index contributed by atoms with van der Waals surface area (Å²) in [6, 6.07) is 7.99. The number of β-amino-alcohol motifs (C(OH)–C–C–N with tert-alkyl or cyclic N) is 1. The minimum atomic E-state index is -0.571. The monoisotopic (exact) mass is 430 g/mol. The zero-order valence-electron chi connectivity index (χ0n) is 18.7. The summed E-state index contributed by atoms with van der Waals surface area (Å²) in [5.41, 5.74) is 1.19. The molecule has 1 aromatic carbocycles. The van der Waals surface area contributed by atoms with E-state index in [2.05, 4.69) is 21.8 Å². The number of hydrogen-bond donors (Lipinski definition) is 1. The van der Waals surface area contributed by atoms with Crippen molar-refractivity contribution in [3.63, 3.8) is 0 Å². The van der Waals surface area contributed by atoms with Crippen LogP contribution < -0.4 is 4.74 Å². The van der Waals surface area contributed by atoms with Crippen LogP contribution in [-0.2, 0) is 29.7 Å². The van der Waals surface area contributed by atoms with Crippen LogP contribution in [0.15, 0.2) is 36.7 Å².